The lowest BCUT2D eigenvalue weighted by Crippen LogP contribution is -2.62. The molecule has 1 N–H and O–H groups in total. The predicted octanol–water partition coefficient (Wildman–Crippen LogP) is 2.10. The third-order valence-electron chi connectivity index (χ3n) is 4.75. The maximum atomic E-state index is 12.9. The fourth-order valence-corrected chi connectivity index (χ4v) is 3.39. The van der Waals surface area contributed by atoms with E-state index in [9.17, 15) is 9.59 Å². The highest BCUT2D eigenvalue weighted by molar-refractivity contribution is 5.95. The Hall–Kier alpha value is -1.78. The number of H-pyrrole nitrogens is 1. The molecule has 2 heterocycles. The van der Waals surface area contributed by atoms with Crippen molar-refractivity contribution in [3.05, 3.63) is 23.0 Å². The monoisotopic (exact) mass is 303 g/mol. The minimum atomic E-state index is -0.342. The van der Waals surface area contributed by atoms with Gasteiger partial charge in [0.25, 0.3) is 5.91 Å². The molecular formula is C17H25N3O2. The molecule has 1 aromatic heterocycles. The van der Waals surface area contributed by atoms with Crippen LogP contribution in [0.15, 0.2) is 6.07 Å². The summed E-state index contributed by atoms with van der Waals surface area (Å²) in [5.74, 6) is 0.549. The van der Waals surface area contributed by atoms with Gasteiger partial charge in [-0.3, -0.25) is 9.59 Å². The Kier molecular flexibility index (Phi) is 3.54. The lowest BCUT2D eigenvalue weighted by Gasteiger charge is -2.47. The first-order valence-corrected chi connectivity index (χ1v) is 8.06. The average molecular weight is 303 g/mol. The van der Waals surface area contributed by atoms with Crippen molar-refractivity contribution in [1.82, 2.24) is 14.8 Å². The van der Waals surface area contributed by atoms with Crippen molar-refractivity contribution < 1.29 is 9.59 Å². The summed E-state index contributed by atoms with van der Waals surface area (Å²) in [6.45, 7) is 9.86. The van der Waals surface area contributed by atoms with Crippen LogP contribution in [0.5, 0.6) is 0 Å². The van der Waals surface area contributed by atoms with Crippen molar-refractivity contribution in [2.45, 2.75) is 46.1 Å². The van der Waals surface area contributed by atoms with Crippen LogP contribution >= 0.6 is 0 Å². The number of hydrogen-bond acceptors (Lipinski definition) is 2. The maximum Gasteiger partial charge on any atom is 0.271 e. The highest BCUT2D eigenvalue weighted by Crippen LogP contribution is 2.33. The molecular weight excluding hydrogens is 278 g/mol. The van der Waals surface area contributed by atoms with Crippen molar-refractivity contribution in [1.29, 1.82) is 0 Å². The number of hydrogen-bond donors (Lipinski definition) is 1. The zero-order valence-corrected chi connectivity index (χ0v) is 13.9. The molecule has 0 spiro atoms. The minimum absolute atomic E-state index is 0.0362. The number of aryl methyl sites for hydroxylation is 2. The van der Waals surface area contributed by atoms with Gasteiger partial charge >= 0.3 is 0 Å². The fraction of sp³-hybridized carbons (Fsp3) is 0.647. The van der Waals surface area contributed by atoms with E-state index in [-0.39, 0.29) is 23.3 Å². The van der Waals surface area contributed by atoms with Gasteiger partial charge in [-0.15, -0.1) is 0 Å². The Morgan fingerprint density at radius 2 is 1.91 bits per heavy atom. The van der Waals surface area contributed by atoms with E-state index in [4.69, 9.17) is 0 Å². The third kappa shape index (κ3) is 2.64. The van der Waals surface area contributed by atoms with Crippen LogP contribution in [0.2, 0.25) is 0 Å². The van der Waals surface area contributed by atoms with Gasteiger partial charge in [-0.25, -0.2) is 0 Å². The molecule has 0 aromatic carbocycles. The van der Waals surface area contributed by atoms with Crippen molar-refractivity contribution >= 4 is 11.8 Å². The lowest BCUT2D eigenvalue weighted by atomic mass is 9.97. The standard InChI is InChI=1S/C17H25N3O2/c1-11-9-12(2)18-14(11)16(22)20-8-7-19(10-17(20,3)4)15(21)13-5-6-13/h9,13,18H,5-8,10H2,1-4H3. The molecule has 3 rings (SSSR count). The number of piperazine rings is 1. The van der Waals surface area contributed by atoms with E-state index in [1.54, 1.807) is 0 Å². The van der Waals surface area contributed by atoms with E-state index in [0.29, 0.717) is 25.3 Å². The summed E-state index contributed by atoms with van der Waals surface area (Å²) in [5, 5.41) is 0. The zero-order valence-electron chi connectivity index (χ0n) is 13.9. The van der Waals surface area contributed by atoms with E-state index in [0.717, 1.165) is 24.1 Å². The molecule has 5 nitrogen and oxygen atoms in total. The van der Waals surface area contributed by atoms with E-state index in [2.05, 4.69) is 4.98 Å². The molecule has 1 aliphatic carbocycles. The van der Waals surface area contributed by atoms with Crippen molar-refractivity contribution in [2.24, 2.45) is 5.92 Å². The van der Waals surface area contributed by atoms with Crippen molar-refractivity contribution in [3.63, 3.8) is 0 Å². The van der Waals surface area contributed by atoms with Gasteiger partial charge < -0.3 is 14.8 Å². The number of nitrogens with one attached hydrogen (secondary N) is 1. The van der Waals surface area contributed by atoms with Crippen LogP contribution in [0, 0.1) is 19.8 Å². The second-order valence-electron chi connectivity index (χ2n) is 7.31. The van der Waals surface area contributed by atoms with Gasteiger partial charge in [0.05, 0.1) is 5.54 Å². The minimum Gasteiger partial charge on any atom is -0.354 e. The van der Waals surface area contributed by atoms with Crippen molar-refractivity contribution in [3.8, 4) is 0 Å². The fourth-order valence-electron chi connectivity index (χ4n) is 3.39. The molecule has 2 amide bonds. The number of aromatic amines is 1. The number of nitrogens with zero attached hydrogens (tertiary/aromatic N) is 2. The molecule has 0 atom stereocenters. The molecule has 1 saturated heterocycles. The second-order valence-corrected chi connectivity index (χ2v) is 7.31. The normalized spacial score (nSPS) is 21.1. The number of carbonyl (C=O) groups is 2. The second kappa shape index (κ2) is 5.14. The van der Waals surface area contributed by atoms with Gasteiger partial charge in [-0.1, -0.05) is 0 Å². The van der Waals surface area contributed by atoms with Gasteiger partial charge in [0.2, 0.25) is 5.91 Å². The van der Waals surface area contributed by atoms with Crippen LogP contribution in [0.25, 0.3) is 0 Å². The van der Waals surface area contributed by atoms with Crippen LogP contribution in [-0.2, 0) is 4.79 Å². The average Bonchev–Trinajstić information content (AvgIpc) is 3.21. The van der Waals surface area contributed by atoms with E-state index < -0.39 is 0 Å². The summed E-state index contributed by atoms with van der Waals surface area (Å²) in [5.41, 5.74) is 2.31. The smallest absolute Gasteiger partial charge is 0.271 e. The summed E-state index contributed by atoms with van der Waals surface area (Å²) >= 11 is 0. The molecule has 1 aromatic rings. The highest BCUT2D eigenvalue weighted by Gasteiger charge is 2.42. The molecule has 0 unspecified atom stereocenters. The first-order chi connectivity index (χ1) is 10.3. The van der Waals surface area contributed by atoms with Crippen molar-refractivity contribution in [2.75, 3.05) is 19.6 Å². The van der Waals surface area contributed by atoms with E-state index in [1.807, 2.05) is 43.6 Å². The summed E-state index contributed by atoms with van der Waals surface area (Å²) < 4.78 is 0. The Morgan fingerprint density at radius 3 is 2.41 bits per heavy atom. The third-order valence-corrected chi connectivity index (χ3v) is 4.75. The highest BCUT2D eigenvalue weighted by atomic mass is 16.2. The first kappa shape index (κ1) is 15.1. The molecule has 5 heteroatoms. The molecule has 0 bridgehead atoms. The van der Waals surface area contributed by atoms with Gasteiger partial charge in [-0.05, 0) is 52.2 Å². The quantitative estimate of drug-likeness (QED) is 0.909. The summed E-state index contributed by atoms with van der Waals surface area (Å²) in [4.78, 5) is 32.1. The Labute approximate surface area is 131 Å². The van der Waals surface area contributed by atoms with Crippen LogP contribution < -0.4 is 0 Å². The molecule has 22 heavy (non-hydrogen) atoms. The Bertz CT molecular complexity index is 613. The maximum absolute atomic E-state index is 12.9. The number of carbonyl (C=O) groups excluding carboxylic acids is 2. The van der Waals surface area contributed by atoms with Gasteiger partial charge in [0.1, 0.15) is 5.69 Å². The molecule has 1 saturated carbocycles. The molecule has 2 fully saturated rings. The lowest BCUT2D eigenvalue weighted by molar-refractivity contribution is -0.136. The largest absolute Gasteiger partial charge is 0.354 e. The van der Waals surface area contributed by atoms with E-state index in [1.165, 1.54) is 0 Å². The predicted molar refractivity (Wildman–Crippen MR) is 84.7 cm³/mol. The molecule has 0 radical (unpaired) electrons. The first-order valence-electron chi connectivity index (χ1n) is 8.06. The number of aromatic nitrogens is 1. The molecule has 2 aliphatic rings. The summed E-state index contributed by atoms with van der Waals surface area (Å²) in [6.07, 6.45) is 2.05. The number of amides is 2. The van der Waals surface area contributed by atoms with E-state index >= 15 is 0 Å². The zero-order chi connectivity index (χ0) is 16.1. The molecule has 120 valence electrons. The topological polar surface area (TPSA) is 56.4 Å². The van der Waals surface area contributed by atoms with Crippen LogP contribution in [0.1, 0.15) is 48.4 Å². The van der Waals surface area contributed by atoms with Gasteiger partial charge in [-0.2, -0.15) is 0 Å². The summed E-state index contributed by atoms with van der Waals surface area (Å²) in [7, 11) is 0. The van der Waals surface area contributed by atoms with Crippen LogP contribution in [-0.4, -0.2) is 51.8 Å². The SMILES string of the molecule is Cc1cc(C)c(C(=O)N2CCN(C(=O)C3CC3)CC2(C)C)[nH]1. The summed E-state index contributed by atoms with van der Waals surface area (Å²) in [6, 6.07) is 1.99. The van der Waals surface area contributed by atoms with Gasteiger partial charge in [0, 0.05) is 31.2 Å². The molecule has 1 aliphatic heterocycles. The Morgan fingerprint density at radius 1 is 1.23 bits per heavy atom. The Balaban J connectivity index is 1.76. The van der Waals surface area contributed by atoms with Crippen LogP contribution in [0.3, 0.4) is 0 Å². The van der Waals surface area contributed by atoms with Crippen LogP contribution in [0.4, 0.5) is 0 Å². The van der Waals surface area contributed by atoms with Gasteiger partial charge in [0.15, 0.2) is 0 Å². The number of rotatable bonds is 2.